The van der Waals surface area contributed by atoms with Gasteiger partial charge in [-0.05, 0) is 38.1 Å². The van der Waals surface area contributed by atoms with Crippen LogP contribution in [0.25, 0.3) is 11.3 Å². The van der Waals surface area contributed by atoms with Crippen LogP contribution >= 0.6 is 12.4 Å². The summed E-state index contributed by atoms with van der Waals surface area (Å²) in [5, 5.41) is 3.30. The van der Waals surface area contributed by atoms with Gasteiger partial charge in [0.15, 0.2) is 0 Å². The lowest BCUT2D eigenvalue weighted by molar-refractivity contribution is -0.137. The van der Waals surface area contributed by atoms with Gasteiger partial charge in [-0.15, -0.1) is 12.4 Å². The summed E-state index contributed by atoms with van der Waals surface area (Å²) < 4.78 is 39.7. The van der Waals surface area contributed by atoms with Crippen LogP contribution < -0.4 is 5.32 Å². The smallest absolute Gasteiger partial charge is 0.334 e. The molecule has 0 amide bonds. The van der Waals surface area contributed by atoms with Crippen molar-refractivity contribution >= 4 is 12.4 Å². The van der Waals surface area contributed by atoms with Gasteiger partial charge < -0.3 is 9.88 Å². The lowest BCUT2D eigenvalue weighted by Crippen LogP contribution is -2.28. The molecule has 7 heteroatoms. The number of nitrogens with zero attached hydrogens (tertiary/aromatic N) is 2. The van der Waals surface area contributed by atoms with E-state index in [1.54, 1.807) is 6.33 Å². The maximum absolute atomic E-state index is 12.5. The number of halogens is 4. The molecule has 1 aliphatic heterocycles. The van der Waals surface area contributed by atoms with Crippen molar-refractivity contribution < 1.29 is 13.2 Å². The van der Waals surface area contributed by atoms with Crippen LogP contribution in [0.15, 0.2) is 36.8 Å². The topological polar surface area (TPSA) is 29.9 Å². The zero-order chi connectivity index (χ0) is 14.9. The molecule has 3 rings (SSSR count). The molecule has 0 bridgehead atoms. The number of nitrogens with one attached hydrogen (secondary N) is 1. The highest BCUT2D eigenvalue weighted by atomic mass is 35.5. The standard InChI is InChI=1S/C15H16F3N3.ClH/c16-15(17,18)12-3-1-11(2-4-12)14-9-21(10-20-14)13-5-7-19-8-6-13;/h1-4,9-10,13,19H,5-8H2;1H. The van der Waals surface area contributed by atoms with Gasteiger partial charge in [0.2, 0.25) is 0 Å². The Hall–Kier alpha value is -1.53. The average Bonchev–Trinajstić information content (AvgIpc) is 2.97. The van der Waals surface area contributed by atoms with Crippen molar-refractivity contribution in [1.82, 2.24) is 14.9 Å². The van der Waals surface area contributed by atoms with Crippen LogP contribution in [0, 0.1) is 0 Å². The molecule has 1 aromatic carbocycles. The van der Waals surface area contributed by atoms with E-state index >= 15 is 0 Å². The van der Waals surface area contributed by atoms with Gasteiger partial charge in [-0.25, -0.2) is 4.98 Å². The summed E-state index contributed by atoms with van der Waals surface area (Å²) in [6.07, 6.45) is 1.47. The quantitative estimate of drug-likeness (QED) is 0.904. The fraction of sp³-hybridized carbons (Fsp3) is 0.400. The van der Waals surface area contributed by atoms with Gasteiger partial charge in [-0.3, -0.25) is 0 Å². The first-order chi connectivity index (χ1) is 10.0. The highest BCUT2D eigenvalue weighted by molar-refractivity contribution is 5.85. The van der Waals surface area contributed by atoms with Gasteiger partial charge in [0, 0.05) is 17.8 Å². The molecule has 22 heavy (non-hydrogen) atoms. The van der Waals surface area contributed by atoms with Crippen molar-refractivity contribution in [3.63, 3.8) is 0 Å². The molecule has 1 aromatic heterocycles. The van der Waals surface area contributed by atoms with E-state index in [1.807, 2.05) is 6.20 Å². The molecule has 1 N–H and O–H groups in total. The summed E-state index contributed by atoms with van der Waals surface area (Å²) in [5.41, 5.74) is 0.780. The Balaban J connectivity index is 0.00000176. The largest absolute Gasteiger partial charge is 0.416 e. The molecule has 0 aliphatic carbocycles. The summed E-state index contributed by atoms with van der Waals surface area (Å²) in [5.74, 6) is 0. The molecular formula is C15H17ClF3N3. The van der Waals surface area contributed by atoms with Crippen molar-refractivity contribution in [2.24, 2.45) is 0 Å². The van der Waals surface area contributed by atoms with E-state index in [-0.39, 0.29) is 12.4 Å². The van der Waals surface area contributed by atoms with E-state index in [1.165, 1.54) is 12.1 Å². The molecule has 1 saturated heterocycles. The first kappa shape index (κ1) is 16.8. The maximum Gasteiger partial charge on any atom is 0.416 e. The monoisotopic (exact) mass is 331 g/mol. The number of imidazole rings is 1. The summed E-state index contributed by atoms with van der Waals surface area (Å²) in [4.78, 5) is 4.31. The second kappa shape index (κ2) is 6.71. The van der Waals surface area contributed by atoms with Gasteiger partial charge in [0.25, 0.3) is 0 Å². The van der Waals surface area contributed by atoms with Crippen molar-refractivity contribution in [3.8, 4) is 11.3 Å². The van der Waals surface area contributed by atoms with E-state index in [2.05, 4.69) is 14.9 Å². The number of hydrogen-bond donors (Lipinski definition) is 1. The maximum atomic E-state index is 12.5. The minimum atomic E-state index is -4.30. The number of benzene rings is 1. The van der Waals surface area contributed by atoms with Crippen LogP contribution in [0.5, 0.6) is 0 Å². The van der Waals surface area contributed by atoms with Crippen LogP contribution in [0.3, 0.4) is 0 Å². The van der Waals surface area contributed by atoms with Crippen molar-refractivity contribution in [2.75, 3.05) is 13.1 Å². The third kappa shape index (κ3) is 3.62. The fourth-order valence-electron chi connectivity index (χ4n) is 2.62. The van der Waals surface area contributed by atoms with E-state index in [0.29, 0.717) is 17.3 Å². The summed E-state index contributed by atoms with van der Waals surface area (Å²) in [6.45, 7) is 1.97. The summed E-state index contributed by atoms with van der Waals surface area (Å²) >= 11 is 0. The predicted octanol–water partition coefficient (Wildman–Crippen LogP) is 3.92. The third-order valence-electron chi connectivity index (χ3n) is 3.84. The van der Waals surface area contributed by atoms with Crippen LogP contribution in [-0.2, 0) is 6.18 Å². The summed E-state index contributed by atoms with van der Waals surface area (Å²) in [7, 11) is 0. The number of piperidine rings is 1. The fourth-order valence-corrected chi connectivity index (χ4v) is 2.62. The third-order valence-corrected chi connectivity index (χ3v) is 3.84. The van der Waals surface area contributed by atoms with E-state index in [9.17, 15) is 13.2 Å². The predicted molar refractivity (Wildman–Crippen MR) is 81.1 cm³/mol. The van der Waals surface area contributed by atoms with Crippen molar-refractivity contribution in [2.45, 2.75) is 25.1 Å². The zero-order valence-electron chi connectivity index (χ0n) is 11.8. The lowest BCUT2D eigenvalue weighted by atomic mass is 10.1. The minimum absolute atomic E-state index is 0. The molecule has 3 nitrogen and oxygen atoms in total. The first-order valence-corrected chi connectivity index (χ1v) is 6.96. The zero-order valence-corrected chi connectivity index (χ0v) is 12.6. The molecule has 120 valence electrons. The molecule has 0 spiro atoms. The van der Waals surface area contributed by atoms with Crippen LogP contribution in [0.2, 0.25) is 0 Å². The molecule has 0 unspecified atom stereocenters. The van der Waals surface area contributed by atoms with Crippen LogP contribution in [-0.4, -0.2) is 22.6 Å². The van der Waals surface area contributed by atoms with Crippen molar-refractivity contribution in [3.05, 3.63) is 42.4 Å². The number of alkyl halides is 3. The minimum Gasteiger partial charge on any atom is -0.334 e. The van der Waals surface area contributed by atoms with Gasteiger partial charge in [0.1, 0.15) is 0 Å². The lowest BCUT2D eigenvalue weighted by Gasteiger charge is -2.23. The molecule has 0 atom stereocenters. The second-order valence-corrected chi connectivity index (χ2v) is 5.26. The Morgan fingerprint density at radius 1 is 1.09 bits per heavy atom. The Kier molecular flexibility index (Phi) is 5.13. The first-order valence-electron chi connectivity index (χ1n) is 6.96. The van der Waals surface area contributed by atoms with Gasteiger partial charge >= 0.3 is 6.18 Å². The molecule has 0 saturated carbocycles. The highest BCUT2D eigenvalue weighted by Crippen LogP contribution is 2.31. The summed E-state index contributed by atoms with van der Waals surface area (Å²) in [6, 6.07) is 5.55. The number of rotatable bonds is 2. The number of aromatic nitrogens is 2. The Bertz CT molecular complexity index is 601. The highest BCUT2D eigenvalue weighted by Gasteiger charge is 2.30. The molecular weight excluding hydrogens is 315 g/mol. The van der Waals surface area contributed by atoms with Gasteiger partial charge in [-0.2, -0.15) is 13.2 Å². The van der Waals surface area contributed by atoms with Crippen LogP contribution in [0.4, 0.5) is 13.2 Å². The Morgan fingerprint density at radius 3 is 2.32 bits per heavy atom. The Labute approximate surface area is 133 Å². The second-order valence-electron chi connectivity index (χ2n) is 5.26. The molecule has 2 heterocycles. The molecule has 2 aromatic rings. The number of hydrogen-bond acceptors (Lipinski definition) is 2. The van der Waals surface area contributed by atoms with E-state index < -0.39 is 11.7 Å². The molecule has 1 fully saturated rings. The van der Waals surface area contributed by atoms with E-state index in [4.69, 9.17) is 0 Å². The van der Waals surface area contributed by atoms with Crippen LogP contribution in [0.1, 0.15) is 24.4 Å². The SMILES string of the molecule is Cl.FC(F)(F)c1ccc(-c2cn(C3CCNCC3)cn2)cc1. The van der Waals surface area contributed by atoms with E-state index in [0.717, 1.165) is 38.1 Å². The molecule has 0 radical (unpaired) electrons. The molecule has 1 aliphatic rings. The normalized spacial score (nSPS) is 16.3. The van der Waals surface area contributed by atoms with Crippen molar-refractivity contribution in [1.29, 1.82) is 0 Å². The Morgan fingerprint density at radius 2 is 1.73 bits per heavy atom. The average molecular weight is 332 g/mol. The van der Waals surface area contributed by atoms with Gasteiger partial charge in [0.05, 0.1) is 17.6 Å². The van der Waals surface area contributed by atoms with Gasteiger partial charge in [-0.1, -0.05) is 12.1 Å².